The van der Waals surface area contributed by atoms with Gasteiger partial charge in [-0.3, -0.25) is 0 Å². The lowest BCUT2D eigenvalue weighted by molar-refractivity contribution is 0.193. The van der Waals surface area contributed by atoms with Crippen molar-refractivity contribution >= 4 is 11.7 Å². The molecule has 1 aromatic carbocycles. The van der Waals surface area contributed by atoms with Gasteiger partial charge < -0.3 is 20.7 Å². The first-order chi connectivity index (χ1) is 9.10. The summed E-state index contributed by atoms with van der Waals surface area (Å²) in [7, 11) is 1.51. The van der Waals surface area contributed by atoms with Gasteiger partial charge in [-0.2, -0.15) is 0 Å². The fraction of sp³-hybridized carbons (Fsp3) is 0.462. The van der Waals surface area contributed by atoms with E-state index < -0.39 is 0 Å². The van der Waals surface area contributed by atoms with Gasteiger partial charge >= 0.3 is 6.03 Å². The number of benzene rings is 1. The lowest BCUT2D eigenvalue weighted by atomic mass is 10.0. The van der Waals surface area contributed by atoms with Crippen molar-refractivity contribution in [1.82, 2.24) is 4.90 Å². The molecular formula is C13H18FN3O2. The molecular weight excluding hydrogens is 249 g/mol. The molecule has 0 spiro atoms. The molecule has 104 valence electrons. The summed E-state index contributed by atoms with van der Waals surface area (Å²) >= 11 is 0. The van der Waals surface area contributed by atoms with Gasteiger partial charge in [0.15, 0.2) is 0 Å². The van der Waals surface area contributed by atoms with Gasteiger partial charge in [0.25, 0.3) is 0 Å². The third-order valence-corrected chi connectivity index (χ3v) is 3.33. The molecule has 0 aliphatic carbocycles. The smallest absolute Gasteiger partial charge is 0.314 e. The zero-order valence-electron chi connectivity index (χ0n) is 10.9. The molecule has 1 aliphatic heterocycles. The first-order valence-electron chi connectivity index (χ1n) is 6.24. The van der Waals surface area contributed by atoms with E-state index in [1.165, 1.54) is 19.2 Å². The van der Waals surface area contributed by atoms with Crippen LogP contribution in [-0.4, -0.2) is 37.2 Å². The van der Waals surface area contributed by atoms with Crippen LogP contribution in [0.1, 0.15) is 12.8 Å². The minimum absolute atomic E-state index is 0.231. The second-order valence-electron chi connectivity index (χ2n) is 4.59. The second-order valence-corrected chi connectivity index (χ2v) is 4.59. The maximum absolute atomic E-state index is 13.1. The van der Waals surface area contributed by atoms with E-state index in [2.05, 4.69) is 5.32 Å². The van der Waals surface area contributed by atoms with Gasteiger partial charge in [0.1, 0.15) is 11.6 Å². The molecule has 2 amide bonds. The number of hydrogen-bond acceptors (Lipinski definition) is 3. The zero-order valence-corrected chi connectivity index (χ0v) is 10.9. The van der Waals surface area contributed by atoms with Crippen LogP contribution in [0.2, 0.25) is 0 Å². The minimum Gasteiger partial charge on any atom is -0.494 e. The number of amides is 2. The molecule has 0 radical (unpaired) electrons. The third kappa shape index (κ3) is 3.27. The highest BCUT2D eigenvalue weighted by Gasteiger charge is 2.21. The molecule has 0 saturated carbocycles. The van der Waals surface area contributed by atoms with Crippen LogP contribution in [-0.2, 0) is 0 Å². The minimum atomic E-state index is -0.377. The van der Waals surface area contributed by atoms with Gasteiger partial charge in [-0.05, 0) is 25.0 Å². The van der Waals surface area contributed by atoms with E-state index in [0.717, 1.165) is 18.5 Å². The number of methoxy groups -OCH3 is 1. The lowest BCUT2D eigenvalue weighted by Crippen LogP contribution is -2.44. The van der Waals surface area contributed by atoms with Gasteiger partial charge in [0.05, 0.1) is 12.8 Å². The lowest BCUT2D eigenvalue weighted by Gasteiger charge is -2.32. The highest BCUT2D eigenvalue weighted by molar-refractivity contribution is 5.72. The molecule has 2 rings (SSSR count). The van der Waals surface area contributed by atoms with Crippen LogP contribution in [0.5, 0.6) is 5.75 Å². The fourth-order valence-electron chi connectivity index (χ4n) is 2.25. The van der Waals surface area contributed by atoms with Gasteiger partial charge in [0.2, 0.25) is 0 Å². The molecule has 1 saturated heterocycles. The highest BCUT2D eigenvalue weighted by Crippen LogP contribution is 2.27. The summed E-state index contributed by atoms with van der Waals surface area (Å²) < 4.78 is 18.2. The first kappa shape index (κ1) is 13.5. The number of halogens is 1. The predicted octanol–water partition coefficient (Wildman–Crippen LogP) is 1.79. The van der Waals surface area contributed by atoms with Crippen molar-refractivity contribution in [2.24, 2.45) is 5.73 Å². The summed E-state index contributed by atoms with van der Waals surface area (Å²) in [5.41, 5.74) is 6.00. The van der Waals surface area contributed by atoms with E-state index in [1.54, 1.807) is 11.0 Å². The summed E-state index contributed by atoms with van der Waals surface area (Å²) in [5, 5.41) is 3.32. The molecule has 0 unspecified atom stereocenters. The summed E-state index contributed by atoms with van der Waals surface area (Å²) in [6.45, 7) is 1.27. The molecule has 3 N–H and O–H groups in total. The number of likely N-dealkylation sites (tertiary alicyclic amines) is 1. The number of nitrogens with zero attached hydrogens (tertiary/aromatic N) is 1. The van der Waals surface area contributed by atoms with Crippen molar-refractivity contribution in [2.75, 3.05) is 25.5 Å². The Bertz CT molecular complexity index is 459. The van der Waals surface area contributed by atoms with Crippen molar-refractivity contribution in [3.63, 3.8) is 0 Å². The summed E-state index contributed by atoms with van der Waals surface area (Å²) in [4.78, 5) is 12.6. The van der Waals surface area contributed by atoms with E-state index in [9.17, 15) is 9.18 Å². The average molecular weight is 267 g/mol. The number of ether oxygens (including phenoxy) is 1. The Balaban J connectivity index is 1.97. The Morgan fingerprint density at radius 3 is 2.74 bits per heavy atom. The number of hydrogen-bond donors (Lipinski definition) is 2. The molecule has 0 bridgehead atoms. The zero-order chi connectivity index (χ0) is 13.8. The van der Waals surface area contributed by atoms with E-state index in [-0.39, 0.29) is 17.9 Å². The van der Waals surface area contributed by atoms with Crippen LogP contribution in [0.3, 0.4) is 0 Å². The number of carbonyl (C=O) groups excluding carboxylic acids is 1. The summed E-state index contributed by atoms with van der Waals surface area (Å²) in [6, 6.07) is 4.26. The Morgan fingerprint density at radius 2 is 2.16 bits per heavy atom. The average Bonchev–Trinajstić information content (AvgIpc) is 2.41. The van der Waals surface area contributed by atoms with Gasteiger partial charge in [-0.1, -0.05) is 0 Å². The fourth-order valence-corrected chi connectivity index (χ4v) is 2.25. The van der Waals surface area contributed by atoms with Gasteiger partial charge in [-0.25, -0.2) is 9.18 Å². The largest absolute Gasteiger partial charge is 0.494 e. The Hall–Kier alpha value is -1.98. The molecule has 19 heavy (non-hydrogen) atoms. The number of urea groups is 1. The van der Waals surface area contributed by atoms with Crippen LogP contribution in [0.15, 0.2) is 18.2 Å². The number of rotatable bonds is 3. The summed E-state index contributed by atoms with van der Waals surface area (Å²) in [6.07, 6.45) is 1.62. The van der Waals surface area contributed by atoms with Crippen molar-refractivity contribution < 1.29 is 13.9 Å². The number of anilines is 1. The van der Waals surface area contributed by atoms with Gasteiger partial charge in [-0.15, -0.1) is 0 Å². The molecule has 1 heterocycles. The highest BCUT2D eigenvalue weighted by atomic mass is 19.1. The summed E-state index contributed by atoms with van der Waals surface area (Å²) in [5.74, 6) is 0.156. The van der Waals surface area contributed by atoms with Crippen molar-refractivity contribution in [2.45, 2.75) is 18.9 Å². The van der Waals surface area contributed by atoms with E-state index in [1.807, 2.05) is 0 Å². The van der Waals surface area contributed by atoms with Gasteiger partial charge in [0, 0.05) is 25.2 Å². The predicted molar refractivity (Wildman–Crippen MR) is 70.8 cm³/mol. The molecule has 1 fully saturated rings. The van der Waals surface area contributed by atoms with Crippen molar-refractivity contribution in [1.29, 1.82) is 0 Å². The molecule has 1 aliphatic rings. The topological polar surface area (TPSA) is 67.6 Å². The molecule has 5 nitrogen and oxygen atoms in total. The number of primary amides is 1. The quantitative estimate of drug-likeness (QED) is 0.877. The standard InChI is InChI=1S/C13H18FN3O2/c1-19-12-8-9(14)2-3-11(12)16-10-4-6-17(7-5-10)13(15)18/h2-3,8,10,16H,4-7H2,1H3,(H2,15,18). The maximum atomic E-state index is 13.1. The Morgan fingerprint density at radius 1 is 1.47 bits per heavy atom. The second kappa shape index (κ2) is 5.77. The van der Waals surface area contributed by atoms with E-state index in [4.69, 9.17) is 10.5 Å². The number of nitrogens with one attached hydrogen (secondary N) is 1. The van der Waals surface area contributed by atoms with Crippen molar-refractivity contribution in [3.8, 4) is 5.75 Å². The first-order valence-corrected chi connectivity index (χ1v) is 6.24. The number of carbonyl (C=O) groups is 1. The van der Waals surface area contributed by atoms with Crippen LogP contribution >= 0.6 is 0 Å². The van der Waals surface area contributed by atoms with Crippen LogP contribution < -0.4 is 15.8 Å². The molecule has 0 atom stereocenters. The normalized spacial score (nSPS) is 16.2. The molecule has 6 heteroatoms. The Labute approximate surface area is 111 Å². The van der Waals surface area contributed by atoms with Crippen LogP contribution in [0, 0.1) is 5.82 Å². The van der Waals surface area contributed by atoms with Crippen molar-refractivity contribution in [3.05, 3.63) is 24.0 Å². The SMILES string of the molecule is COc1cc(F)ccc1NC1CCN(C(N)=O)CC1. The van der Waals surface area contributed by atoms with E-state index in [0.29, 0.717) is 18.8 Å². The number of piperidine rings is 1. The monoisotopic (exact) mass is 267 g/mol. The van der Waals surface area contributed by atoms with E-state index >= 15 is 0 Å². The third-order valence-electron chi connectivity index (χ3n) is 3.33. The Kier molecular flexibility index (Phi) is 4.09. The van der Waals surface area contributed by atoms with Crippen LogP contribution in [0.4, 0.5) is 14.9 Å². The number of nitrogens with two attached hydrogens (primary N) is 1. The van der Waals surface area contributed by atoms with Crippen LogP contribution in [0.25, 0.3) is 0 Å². The molecule has 0 aromatic heterocycles. The molecule has 1 aromatic rings. The maximum Gasteiger partial charge on any atom is 0.314 e.